The third-order valence-corrected chi connectivity index (χ3v) is 5.14. The second-order valence-corrected chi connectivity index (χ2v) is 7.44. The van der Waals surface area contributed by atoms with Crippen LogP contribution in [-0.2, 0) is 11.3 Å². The molecule has 6 heteroatoms. The zero-order valence-electron chi connectivity index (χ0n) is 15.1. The Hall–Kier alpha value is -2.15. The third kappa shape index (κ3) is 4.40. The summed E-state index contributed by atoms with van der Waals surface area (Å²) in [6.07, 6.45) is 1.81. The molecule has 140 valence electrons. The zero-order chi connectivity index (χ0) is 18.6. The van der Waals surface area contributed by atoms with E-state index in [0.717, 1.165) is 41.1 Å². The first-order chi connectivity index (χ1) is 13.2. The van der Waals surface area contributed by atoms with Crippen molar-refractivity contribution >= 4 is 15.9 Å². The van der Waals surface area contributed by atoms with Crippen molar-refractivity contribution in [2.24, 2.45) is 0 Å². The van der Waals surface area contributed by atoms with Crippen molar-refractivity contribution < 1.29 is 13.9 Å². The Labute approximate surface area is 167 Å². The van der Waals surface area contributed by atoms with Gasteiger partial charge in [-0.25, -0.2) is 4.98 Å². The van der Waals surface area contributed by atoms with Crippen molar-refractivity contribution in [3.05, 3.63) is 70.5 Å². The molecule has 2 heterocycles. The van der Waals surface area contributed by atoms with Crippen LogP contribution in [0, 0.1) is 0 Å². The highest BCUT2D eigenvalue weighted by Gasteiger charge is 2.23. The molecule has 0 saturated carbocycles. The first-order valence-corrected chi connectivity index (χ1v) is 9.69. The number of halogens is 1. The van der Waals surface area contributed by atoms with Crippen LogP contribution in [0.25, 0.3) is 11.5 Å². The number of nitrogens with zero attached hydrogens (tertiary/aromatic N) is 2. The van der Waals surface area contributed by atoms with E-state index >= 15 is 0 Å². The Bertz CT molecular complexity index is 894. The fourth-order valence-corrected chi connectivity index (χ4v) is 3.65. The summed E-state index contributed by atoms with van der Waals surface area (Å²) in [5.74, 6) is 1.45. The number of ether oxygens (including phenoxy) is 2. The van der Waals surface area contributed by atoms with Gasteiger partial charge in [0, 0.05) is 29.7 Å². The first-order valence-electron chi connectivity index (χ1n) is 8.89. The van der Waals surface area contributed by atoms with E-state index in [0.29, 0.717) is 12.5 Å². The maximum Gasteiger partial charge on any atom is 0.226 e. The molecule has 1 unspecified atom stereocenters. The molecule has 0 aliphatic carbocycles. The van der Waals surface area contributed by atoms with Crippen LogP contribution in [0.2, 0.25) is 0 Å². The number of aromatic nitrogens is 1. The fraction of sp³-hybridized carbons (Fsp3) is 0.286. The fourth-order valence-electron chi connectivity index (χ4n) is 3.23. The van der Waals surface area contributed by atoms with Crippen LogP contribution in [0.15, 0.2) is 63.7 Å². The lowest BCUT2D eigenvalue weighted by molar-refractivity contribution is -0.0333. The standard InChI is InChI=1S/C21H21BrN2O3/c1-25-19-7-5-15(6-8-19)21-23-18(14-27-21)12-24-9-10-26-20(13-24)16-3-2-4-17(22)11-16/h2-8,11,14,20H,9-10,12-13H2,1H3. The third-order valence-electron chi connectivity index (χ3n) is 4.65. The lowest BCUT2D eigenvalue weighted by atomic mass is 10.1. The molecule has 0 amide bonds. The minimum Gasteiger partial charge on any atom is -0.497 e. The number of oxazole rings is 1. The van der Waals surface area contributed by atoms with Crippen LogP contribution < -0.4 is 4.74 Å². The van der Waals surface area contributed by atoms with Crippen molar-refractivity contribution in [2.75, 3.05) is 26.8 Å². The molecule has 1 aromatic heterocycles. The molecule has 1 fully saturated rings. The Kier molecular flexibility index (Phi) is 5.57. The Morgan fingerprint density at radius 1 is 1.22 bits per heavy atom. The van der Waals surface area contributed by atoms with Gasteiger partial charge in [-0.15, -0.1) is 0 Å². The monoisotopic (exact) mass is 428 g/mol. The lowest BCUT2D eigenvalue weighted by Crippen LogP contribution is -2.37. The highest BCUT2D eigenvalue weighted by Crippen LogP contribution is 2.26. The highest BCUT2D eigenvalue weighted by molar-refractivity contribution is 9.10. The predicted octanol–water partition coefficient (Wildman–Crippen LogP) is 4.69. The average Bonchev–Trinajstić information content (AvgIpc) is 3.17. The van der Waals surface area contributed by atoms with E-state index in [1.165, 1.54) is 5.56 Å². The Balaban J connectivity index is 1.42. The maximum atomic E-state index is 5.97. The molecule has 2 aromatic carbocycles. The number of hydrogen-bond donors (Lipinski definition) is 0. The SMILES string of the molecule is COc1ccc(-c2nc(CN3CCOC(c4cccc(Br)c4)C3)co2)cc1. The van der Waals surface area contributed by atoms with Gasteiger partial charge in [0.15, 0.2) is 0 Å². The molecule has 0 radical (unpaired) electrons. The van der Waals surface area contributed by atoms with Gasteiger partial charge in [0.25, 0.3) is 0 Å². The van der Waals surface area contributed by atoms with E-state index in [4.69, 9.17) is 13.9 Å². The van der Waals surface area contributed by atoms with Gasteiger partial charge in [0.2, 0.25) is 5.89 Å². The first kappa shape index (κ1) is 18.2. The van der Waals surface area contributed by atoms with E-state index < -0.39 is 0 Å². The summed E-state index contributed by atoms with van der Waals surface area (Å²) >= 11 is 3.53. The smallest absolute Gasteiger partial charge is 0.226 e. The number of morpholine rings is 1. The summed E-state index contributed by atoms with van der Waals surface area (Å²) < 4.78 is 17.9. The highest BCUT2D eigenvalue weighted by atomic mass is 79.9. The van der Waals surface area contributed by atoms with Crippen LogP contribution in [0.5, 0.6) is 5.75 Å². The average molecular weight is 429 g/mol. The molecular formula is C21H21BrN2O3. The molecule has 1 aliphatic heterocycles. The molecule has 0 bridgehead atoms. The van der Waals surface area contributed by atoms with Crippen LogP contribution >= 0.6 is 15.9 Å². The zero-order valence-corrected chi connectivity index (χ0v) is 16.7. The summed E-state index contributed by atoms with van der Waals surface area (Å²) in [6, 6.07) is 16.0. The summed E-state index contributed by atoms with van der Waals surface area (Å²) in [6.45, 7) is 3.17. The van der Waals surface area contributed by atoms with Crippen LogP contribution in [0.4, 0.5) is 0 Å². The predicted molar refractivity (Wildman–Crippen MR) is 107 cm³/mol. The quantitative estimate of drug-likeness (QED) is 0.589. The van der Waals surface area contributed by atoms with Crippen molar-refractivity contribution in [1.29, 1.82) is 0 Å². The number of hydrogen-bond acceptors (Lipinski definition) is 5. The van der Waals surface area contributed by atoms with Gasteiger partial charge in [-0.1, -0.05) is 28.1 Å². The second-order valence-electron chi connectivity index (χ2n) is 6.52. The van der Waals surface area contributed by atoms with E-state index in [9.17, 15) is 0 Å². The minimum absolute atomic E-state index is 0.0733. The summed E-state index contributed by atoms with van der Waals surface area (Å²) in [5, 5.41) is 0. The number of benzene rings is 2. The number of rotatable bonds is 5. The molecule has 1 aliphatic rings. The van der Waals surface area contributed by atoms with E-state index in [1.54, 1.807) is 13.4 Å². The summed E-state index contributed by atoms with van der Waals surface area (Å²) in [4.78, 5) is 7.00. The molecular weight excluding hydrogens is 408 g/mol. The number of methoxy groups -OCH3 is 1. The van der Waals surface area contributed by atoms with Crippen LogP contribution in [0.1, 0.15) is 17.4 Å². The van der Waals surface area contributed by atoms with Crippen LogP contribution in [0.3, 0.4) is 0 Å². The van der Waals surface area contributed by atoms with Gasteiger partial charge in [0.05, 0.1) is 25.5 Å². The topological polar surface area (TPSA) is 47.7 Å². The van der Waals surface area contributed by atoms with Gasteiger partial charge in [-0.3, -0.25) is 4.90 Å². The largest absolute Gasteiger partial charge is 0.497 e. The molecule has 1 saturated heterocycles. The summed E-state index contributed by atoms with van der Waals surface area (Å²) in [7, 11) is 1.65. The molecule has 0 N–H and O–H groups in total. The van der Waals surface area contributed by atoms with Crippen LogP contribution in [-0.4, -0.2) is 36.7 Å². The Morgan fingerprint density at radius 2 is 2.07 bits per heavy atom. The molecule has 27 heavy (non-hydrogen) atoms. The summed E-state index contributed by atoms with van der Waals surface area (Å²) in [5.41, 5.74) is 3.06. The second kappa shape index (κ2) is 8.25. The van der Waals surface area contributed by atoms with Gasteiger partial charge < -0.3 is 13.9 Å². The molecule has 1 atom stereocenters. The molecule has 3 aromatic rings. The van der Waals surface area contributed by atoms with E-state index in [2.05, 4.69) is 37.9 Å². The van der Waals surface area contributed by atoms with E-state index in [1.807, 2.05) is 36.4 Å². The van der Waals surface area contributed by atoms with Crippen molar-refractivity contribution in [2.45, 2.75) is 12.6 Å². The van der Waals surface area contributed by atoms with Gasteiger partial charge in [-0.05, 0) is 42.0 Å². The molecule has 0 spiro atoms. The molecule has 4 rings (SSSR count). The van der Waals surface area contributed by atoms with E-state index in [-0.39, 0.29) is 6.10 Å². The van der Waals surface area contributed by atoms with Gasteiger partial charge in [0.1, 0.15) is 12.0 Å². The normalized spacial score (nSPS) is 17.8. The van der Waals surface area contributed by atoms with Crippen molar-refractivity contribution in [3.8, 4) is 17.2 Å². The minimum atomic E-state index is 0.0733. The van der Waals surface area contributed by atoms with Crippen molar-refractivity contribution in [1.82, 2.24) is 9.88 Å². The maximum absolute atomic E-state index is 5.97. The van der Waals surface area contributed by atoms with Gasteiger partial charge >= 0.3 is 0 Å². The molecule has 5 nitrogen and oxygen atoms in total. The van der Waals surface area contributed by atoms with Gasteiger partial charge in [-0.2, -0.15) is 0 Å². The Morgan fingerprint density at radius 3 is 2.85 bits per heavy atom. The lowest BCUT2D eigenvalue weighted by Gasteiger charge is -2.32. The van der Waals surface area contributed by atoms with Crippen molar-refractivity contribution in [3.63, 3.8) is 0 Å².